The lowest BCUT2D eigenvalue weighted by atomic mass is 10.1. The molecule has 6 nitrogen and oxygen atoms in total. The molecule has 8 heteroatoms. The fourth-order valence-corrected chi connectivity index (χ4v) is 4.73. The minimum absolute atomic E-state index is 0.0375. The number of thiazole rings is 1. The van der Waals surface area contributed by atoms with Crippen LogP contribution in [0.5, 0.6) is 0 Å². The summed E-state index contributed by atoms with van der Waals surface area (Å²) in [7, 11) is -2.26. The molecule has 25 heavy (non-hydrogen) atoms. The number of carbonyl (C=O) groups excluding carboxylic acids is 1. The molecule has 1 aromatic heterocycles. The lowest BCUT2D eigenvalue weighted by molar-refractivity contribution is 0.0999. The molecule has 1 amide bonds. The molecule has 130 valence electrons. The first-order chi connectivity index (χ1) is 11.8. The van der Waals surface area contributed by atoms with Crippen molar-refractivity contribution in [2.24, 2.45) is 5.73 Å². The summed E-state index contributed by atoms with van der Waals surface area (Å²) in [5, 5.41) is 0.703. The summed E-state index contributed by atoms with van der Waals surface area (Å²) in [4.78, 5) is 16.0. The Labute approximate surface area is 150 Å². The van der Waals surface area contributed by atoms with Gasteiger partial charge in [0.05, 0.1) is 21.7 Å². The van der Waals surface area contributed by atoms with Gasteiger partial charge in [-0.1, -0.05) is 18.2 Å². The highest BCUT2D eigenvalue weighted by molar-refractivity contribution is 7.89. The third-order valence-corrected chi connectivity index (χ3v) is 6.70. The van der Waals surface area contributed by atoms with E-state index in [-0.39, 0.29) is 17.0 Å². The number of primary amides is 1. The first-order valence-electron chi connectivity index (χ1n) is 7.50. The Hall–Kier alpha value is -2.29. The number of hydrogen-bond acceptors (Lipinski definition) is 5. The normalized spacial score (nSPS) is 12.0. The number of aryl methyl sites for hydroxylation is 1. The zero-order chi connectivity index (χ0) is 18.2. The fraction of sp³-hybridized carbons (Fsp3) is 0.176. The van der Waals surface area contributed by atoms with Gasteiger partial charge in [0.15, 0.2) is 0 Å². The molecule has 2 aromatic carbocycles. The topological polar surface area (TPSA) is 93.4 Å². The van der Waals surface area contributed by atoms with Crippen LogP contribution in [0.3, 0.4) is 0 Å². The molecule has 0 aliphatic heterocycles. The SMILES string of the molecule is Cc1ccc(S(=O)(=O)N(C)Cc2nc3ccccc3s2)cc1C(N)=O. The highest BCUT2D eigenvalue weighted by Gasteiger charge is 2.23. The van der Waals surface area contributed by atoms with Gasteiger partial charge in [0, 0.05) is 12.6 Å². The highest BCUT2D eigenvalue weighted by Crippen LogP contribution is 2.25. The lowest BCUT2D eigenvalue weighted by Crippen LogP contribution is -2.27. The van der Waals surface area contributed by atoms with Gasteiger partial charge in [-0.25, -0.2) is 13.4 Å². The van der Waals surface area contributed by atoms with Crippen LogP contribution in [0.1, 0.15) is 20.9 Å². The predicted molar refractivity (Wildman–Crippen MR) is 98.0 cm³/mol. The minimum Gasteiger partial charge on any atom is -0.366 e. The first-order valence-corrected chi connectivity index (χ1v) is 9.76. The second-order valence-electron chi connectivity index (χ2n) is 5.68. The van der Waals surface area contributed by atoms with Gasteiger partial charge in [-0.05, 0) is 36.8 Å². The van der Waals surface area contributed by atoms with Gasteiger partial charge >= 0.3 is 0 Å². The third kappa shape index (κ3) is 3.41. The predicted octanol–water partition coefficient (Wildman–Crippen LogP) is 2.52. The van der Waals surface area contributed by atoms with Gasteiger partial charge in [-0.2, -0.15) is 4.31 Å². The van der Waals surface area contributed by atoms with Gasteiger partial charge in [0.2, 0.25) is 15.9 Å². The molecule has 3 aromatic rings. The molecular formula is C17H17N3O3S2. The number of hydrogen-bond donors (Lipinski definition) is 1. The number of carbonyl (C=O) groups is 1. The van der Waals surface area contributed by atoms with Gasteiger partial charge in [-0.3, -0.25) is 4.79 Å². The summed E-state index contributed by atoms with van der Waals surface area (Å²) in [6.07, 6.45) is 0. The van der Waals surface area contributed by atoms with E-state index >= 15 is 0 Å². The Bertz CT molecular complexity index is 1020. The maximum atomic E-state index is 12.8. The Morgan fingerprint density at radius 3 is 2.64 bits per heavy atom. The molecule has 1 heterocycles. The summed E-state index contributed by atoms with van der Waals surface area (Å²) in [6.45, 7) is 1.86. The second kappa shape index (κ2) is 6.55. The highest BCUT2D eigenvalue weighted by atomic mass is 32.2. The molecule has 0 spiro atoms. The van der Waals surface area contributed by atoms with E-state index in [4.69, 9.17) is 5.73 Å². The molecule has 0 radical (unpaired) electrons. The van der Waals surface area contributed by atoms with Crippen molar-refractivity contribution < 1.29 is 13.2 Å². The molecule has 0 fully saturated rings. The average Bonchev–Trinajstić information content (AvgIpc) is 2.96. The van der Waals surface area contributed by atoms with Gasteiger partial charge in [0.1, 0.15) is 5.01 Å². The molecule has 0 saturated heterocycles. The average molecular weight is 375 g/mol. The number of nitrogens with zero attached hydrogens (tertiary/aromatic N) is 2. The minimum atomic E-state index is -3.76. The monoisotopic (exact) mass is 375 g/mol. The number of sulfonamides is 1. The van der Waals surface area contributed by atoms with E-state index in [1.165, 1.54) is 34.8 Å². The van der Waals surface area contributed by atoms with Gasteiger partial charge in [0.25, 0.3) is 0 Å². The molecule has 0 aliphatic carbocycles. The standard InChI is InChI=1S/C17H17N3O3S2/c1-11-7-8-12(9-13(11)17(18)21)25(22,23)20(2)10-16-19-14-5-3-4-6-15(14)24-16/h3-9H,10H2,1-2H3,(H2,18,21). The third-order valence-electron chi connectivity index (χ3n) is 3.88. The number of amides is 1. The van der Waals surface area contributed by atoms with E-state index in [2.05, 4.69) is 4.98 Å². The largest absolute Gasteiger partial charge is 0.366 e. The molecule has 0 atom stereocenters. The van der Waals surface area contributed by atoms with Crippen LogP contribution in [0.4, 0.5) is 0 Å². The van der Waals surface area contributed by atoms with Crippen LogP contribution in [-0.4, -0.2) is 30.7 Å². The maximum absolute atomic E-state index is 12.8. The molecule has 0 unspecified atom stereocenters. The van der Waals surface area contributed by atoms with Gasteiger partial charge < -0.3 is 5.73 Å². The maximum Gasteiger partial charge on any atom is 0.249 e. The molecule has 0 saturated carbocycles. The van der Waals surface area contributed by atoms with Crippen LogP contribution in [0, 0.1) is 6.92 Å². The summed E-state index contributed by atoms with van der Waals surface area (Å²) in [5.74, 6) is -0.650. The summed E-state index contributed by atoms with van der Waals surface area (Å²) in [5.41, 5.74) is 7.00. The smallest absolute Gasteiger partial charge is 0.249 e. The molecular weight excluding hydrogens is 358 g/mol. The quantitative estimate of drug-likeness (QED) is 0.741. The van der Waals surface area contributed by atoms with E-state index in [0.29, 0.717) is 10.6 Å². The van der Waals surface area contributed by atoms with E-state index < -0.39 is 15.9 Å². The van der Waals surface area contributed by atoms with Crippen molar-refractivity contribution in [1.82, 2.24) is 9.29 Å². The van der Waals surface area contributed by atoms with Crippen LogP contribution in [0.2, 0.25) is 0 Å². The number of rotatable bonds is 5. The van der Waals surface area contributed by atoms with Crippen LogP contribution < -0.4 is 5.73 Å². The Balaban J connectivity index is 1.91. The molecule has 0 bridgehead atoms. The van der Waals surface area contributed by atoms with Crippen molar-refractivity contribution in [2.75, 3.05) is 7.05 Å². The molecule has 2 N–H and O–H groups in total. The van der Waals surface area contributed by atoms with Crippen molar-refractivity contribution in [3.63, 3.8) is 0 Å². The zero-order valence-electron chi connectivity index (χ0n) is 13.8. The Morgan fingerprint density at radius 2 is 1.96 bits per heavy atom. The van der Waals surface area contributed by atoms with Crippen molar-refractivity contribution in [2.45, 2.75) is 18.4 Å². The van der Waals surface area contributed by atoms with Crippen LogP contribution in [0.15, 0.2) is 47.4 Å². The summed E-state index contributed by atoms with van der Waals surface area (Å²) >= 11 is 1.46. The van der Waals surface area contributed by atoms with Gasteiger partial charge in [-0.15, -0.1) is 11.3 Å². The fourth-order valence-electron chi connectivity index (χ4n) is 2.47. The number of benzene rings is 2. The number of para-hydroxylation sites is 1. The molecule has 3 rings (SSSR count). The second-order valence-corrected chi connectivity index (χ2v) is 8.84. The zero-order valence-corrected chi connectivity index (χ0v) is 15.4. The van der Waals surface area contributed by atoms with Crippen LogP contribution in [-0.2, 0) is 16.6 Å². The number of nitrogens with two attached hydrogens (primary N) is 1. The van der Waals surface area contributed by atoms with Crippen molar-refractivity contribution >= 4 is 37.5 Å². The van der Waals surface area contributed by atoms with Crippen LogP contribution in [0.25, 0.3) is 10.2 Å². The van der Waals surface area contributed by atoms with Crippen molar-refractivity contribution in [1.29, 1.82) is 0 Å². The van der Waals surface area contributed by atoms with E-state index in [0.717, 1.165) is 10.2 Å². The Kier molecular flexibility index (Phi) is 4.59. The number of fused-ring (bicyclic) bond motifs is 1. The Morgan fingerprint density at radius 1 is 1.24 bits per heavy atom. The molecule has 0 aliphatic rings. The number of aromatic nitrogens is 1. The van der Waals surface area contributed by atoms with E-state index in [1.54, 1.807) is 13.0 Å². The summed E-state index contributed by atoms with van der Waals surface area (Å²) in [6, 6.07) is 12.0. The van der Waals surface area contributed by atoms with E-state index in [9.17, 15) is 13.2 Å². The van der Waals surface area contributed by atoms with Crippen LogP contribution >= 0.6 is 11.3 Å². The van der Waals surface area contributed by atoms with Crippen molar-refractivity contribution in [3.8, 4) is 0 Å². The lowest BCUT2D eigenvalue weighted by Gasteiger charge is -2.16. The first kappa shape index (κ1) is 17.5. The van der Waals surface area contributed by atoms with Crippen molar-refractivity contribution in [3.05, 3.63) is 58.6 Å². The summed E-state index contributed by atoms with van der Waals surface area (Å²) < 4.78 is 27.8. The van der Waals surface area contributed by atoms with E-state index in [1.807, 2.05) is 24.3 Å².